The van der Waals surface area contributed by atoms with Crippen LogP contribution < -0.4 is 10.2 Å². The van der Waals surface area contributed by atoms with Gasteiger partial charge in [-0.25, -0.2) is 4.39 Å². The maximum absolute atomic E-state index is 13.2. The highest BCUT2D eigenvalue weighted by Gasteiger charge is 2.35. The Morgan fingerprint density at radius 2 is 2.00 bits per heavy atom. The molecular weight excluding hydrogens is 295 g/mol. The van der Waals surface area contributed by atoms with Crippen molar-refractivity contribution in [1.29, 1.82) is 0 Å². The first kappa shape index (κ1) is 15.2. The Labute approximate surface area is 133 Å². The molecule has 23 heavy (non-hydrogen) atoms. The zero-order chi connectivity index (χ0) is 16.4. The number of benzene rings is 2. The van der Waals surface area contributed by atoms with Crippen LogP contribution in [0.2, 0.25) is 0 Å². The topological polar surface area (TPSA) is 49.4 Å². The molecule has 5 heteroatoms. The van der Waals surface area contributed by atoms with E-state index in [2.05, 4.69) is 5.32 Å². The van der Waals surface area contributed by atoms with Crippen molar-refractivity contribution in [2.24, 2.45) is 5.92 Å². The zero-order valence-corrected chi connectivity index (χ0v) is 12.8. The minimum Gasteiger partial charge on any atom is -0.326 e. The number of carbonyl (C=O) groups excluding carboxylic acids is 2. The van der Waals surface area contributed by atoms with Crippen molar-refractivity contribution >= 4 is 23.2 Å². The highest BCUT2D eigenvalue weighted by atomic mass is 19.1. The molecule has 4 nitrogen and oxygen atoms in total. The van der Waals surface area contributed by atoms with Crippen LogP contribution in [0.5, 0.6) is 0 Å². The Kier molecular flexibility index (Phi) is 4.10. The van der Waals surface area contributed by atoms with Gasteiger partial charge in [0.25, 0.3) is 0 Å². The summed E-state index contributed by atoms with van der Waals surface area (Å²) in [6.45, 7) is 2.27. The van der Waals surface area contributed by atoms with E-state index in [0.717, 1.165) is 11.3 Å². The lowest BCUT2D eigenvalue weighted by Crippen LogP contribution is -2.28. The molecule has 2 aromatic rings. The molecule has 1 fully saturated rings. The van der Waals surface area contributed by atoms with E-state index in [4.69, 9.17) is 0 Å². The fraction of sp³-hybridized carbons (Fsp3) is 0.222. The van der Waals surface area contributed by atoms with E-state index in [1.165, 1.54) is 18.2 Å². The number of carbonyl (C=O) groups is 2. The molecule has 1 aliphatic rings. The van der Waals surface area contributed by atoms with Crippen LogP contribution in [0.4, 0.5) is 15.8 Å². The van der Waals surface area contributed by atoms with E-state index in [-0.39, 0.29) is 18.2 Å². The Morgan fingerprint density at radius 3 is 2.74 bits per heavy atom. The SMILES string of the molecule is Cc1ccccc1N1C[C@@H](C(=O)Nc2cccc(F)c2)CC1=O. The third-order valence-corrected chi connectivity index (χ3v) is 3.99. The minimum absolute atomic E-state index is 0.0707. The first-order valence-electron chi connectivity index (χ1n) is 7.47. The molecule has 0 aliphatic carbocycles. The first-order chi connectivity index (χ1) is 11.0. The highest BCUT2D eigenvalue weighted by Crippen LogP contribution is 2.28. The fourth-order valence-electron chi connectivity index (χ4n) is 2.79. The average molecular weight is 312 g/mol. The molecule has 2 amide bonds. The number of rotatable bonds is 3. The van der Waals surface area contributed by atoms with Crippen LogP contribution in [0.3, 0.4) is 0 Å². The summed E-state index contributed by atoms with van der Waals surface area (Å²) in [7, 11) is 0. The number of nitrogens with zero attached hydrogens (tertiary/aromatic N) is 1. The number of nitrogens with one attached hydrogen (secondary N) is 1. The second-order valence-corrected chi connectivity index (χ2v) is 5.69. The normalized spacial score (nSPS) is 17.4. The van der Waals surface area contributed by atoms with Crippen molar-refractivity contribution in [2.45, 2.75) is 13.3 Å². The third kappa shape index (κ3) is 3.23. The Hall–Kier alpha value is -2.69. The van der Waals surface area contributed by atoms with E-state index in [0.29, 0.717) is 12.2 Å². The number of hydrogen-bond donors (Lipinski definition) is 1. The molecule has 3 rings (SSSR count). The molecule has 1 N–H and O–H groups in total. The van der Waals surface area contributed by atoms with Gasteiger partial charge in [0.05, 0.1) is 5.92 Å². The second kappa shape index (κ2) is 6.20. The second-order valence-electron chi connectivity index (χ2n) is 5.69. The lowest BCUT2D eigenvalue weighted by atomic mass is 10.1. The monoisotopic (exact) mass is 312 g/mol. The van der Waals surface area contributed by atoms with E-state index >= 15 is 0 Å². The molecule has 2 aromatic carbocycles. The summed E-state index contributed by atoms with van der Waals surface area (Å²) in [6, 6.07) is 13.3. The van der Waals surface area contributed by atoms with Gasteiger partial charge >= 0.3 is 0 Å². The average Bonchev–Trinajstić information content (AvgIpc) is 2.90. The summed E-state index contributed by atoms with van der Waals surface area (Å²) in [6.07, 6.45) is 0.162. The van der Waals surface area contributed by atoms with E-state index < -0.39 is 11.7 Å². The minimum atomic E-state index is -0.439. The molecule has 0 unspecified atom stereocenters. The lowest BCUT2D eigenvalue weighted by Gasteiger charge is -2.19. The maximum atomic E-state index is 13.2. The number of amides is 2. The van der Waals surface area contributed by atoms with Gasteiger partial charge in [-0.05, 0) is 36.8 Å². The van der Waals surface area contributed by atoms with Crippen LogP contribution in [-0.4, -0.2) is 18.4 Å². The predicted molar refractivity (Wildman–Crippen MR) is 86.7 cm³/mol. The van der Waals surface area contributed by atoms with E-state index in [1.54, 1.807) is 11.0 Å². The lowest BCUT2D eigenvalue weighted by molar-refractivity contribution is -0.122. The summed E-state index contributed by atoms with van der Waals surface area (Å²) in [5.41, 5.74) is 2.22. The van der Waals surface area contributed by atoms with Gasteiger partial charge in [0.1, 0.15) is 5.82 Å². The van der Waals surface area contributed by atoms with Crippen molar-refractivity contribution in [3.05, 3.63) is 59.9 Å². The van der Waals surface area contributed by atoms with Crippen LogP contribution in [0.1, 0.15) is 12.0 Å². The zero-order valence-electron chi connectivity index (χ0n) is 12.8. The standard InChI is InChI=1S/C18H17FN2O2/c1-12-5-2-3-8-16(12)21-11-13(9-17(21)22)18(23)20-15-7-4-6-14(19)10-15/h2-8,10,13H,9,11H2,1H3,(H,20,23)/t13-/m0/s1. The fourth-order valence-corrected chi connectivity index (χ4v) is 2.79. The summed E-state index contributed by atoms with van der Waals surface area (Å²) in [5, 5.41) is 2.67. The predicted octanol–water partition coefficient (Wildman–Crippen LogP) is 3.13. The first-order valence-corrected chi connectivity index (χ1v) is 7.47. The van der Waals surface area contributed by atoms with Crippen molar-refractivity contribution in [3.8, 4) is 0 Å². The molecule has 0 spiro atoms. The van der Waals surface area contributed by atoms with Gasteiger partial charge in [-0.1, -0.05) is 24.3 Å². The highest BCUT2D eigenvalue weighted by molar-refractivity contribution is 6.03. The van der Waals surface area contributed by atoms with Gasteiger partial charge in [-0.15, -0.1) is 0 Å². The third-order valence-electron chi connectivity index (χ3n) is 3.99. The largest absolute Gasteiger partial charge is 0.326 e. The smallest absolute Gasteiger partial charge is 0.229 e. The number of halogens is 1. The molecule has 118 valence electrons. The molecule has 0 bridgehead atoms. The quantitative estimate of drug-likeness (QED) is 0.946. The summed E-state index contributed by atoms with van der Waals surface area (Å²) in [4.78, 5) is 26.2. The Balaban J connectivity index is 1.72. The van der Waals surface area contributed by atoms with Crippen LogP contribution in [0.15, 0.2) is 48.5 Å². The van der Waals surface area contributed by atoms with Crippen molar-refractivity contribution < 1.29 is 14.0 Å². The van der Waals surface area contributed by atoms with E-state index in [1.807, 2.05) is 31.2 Å². The van der Waals surface area contributed by atoms with Gasteiger partial charge < -0.3 is 10.2 Å². The molecule has 1 atom stereocenters. The van der Waals surface area contributed by atoms with Crippen molar-refractivity contribution in [2.75, 3.05) is 16.8 Å². The molecule has 1 aliphatic heterocycles. The van der Waals surface area contributed by atoms with Gasteiger partial charge in [0.2, 0.25) is 11.8 Å². The molecule has 0 radical (unpaired) electrons. The van der Waals surface area contributed by atoms with Crippen molar-refractivity contribution in [3.63, 3.8) is 0 Å². The molecule has 0 aromatic heterocycles. The summed E-state index contributed by atoms with van der Waals surface area (Å²) < 4.78 is 13.2. The van der Waals surface area contributed by atoms with Gasteiger partial charge in [0, 0.05) is 24.3 Å². The van der Waals surface area contributed by atoms with Crippen LogP contribution in [0.25, 0.3) is 0 Å². The maximum Gasteiger partial charge on any atom is 0.229 e. The summed E-state index contributed by atoms with van der Waals surface area (Å²) in [5.74, 6) is -1.18. The summed E-state index contributed by atoms with van der Waals surface area (Å²) >= 11 is 0. The Morgan fingerprint density at radius 1 is 1.22 bits per heavy atom. The number of hydrogen-bond acceptors (Lipinski definition) is 2. The van der Waals surface area contributed by atoms with Crippen LogP contribution in [-0.2, 0) is 9.59 Å². The Bertz CT molecular complexity index is 760. The number of para-hydroxylation sites is 1. The van der Waals surface area contributed by atoms with Gasteiger partial charge in [0.15, 0.2) is 0 Å². The van der Waals surface area contributed by atoms with Crippen LogP contribution >= 0.6 is 0 Å². The molecular formula is C18H17FN2O2. The number of anilines is 2. The van der Waals surface area contributed by atoms with Crippen molar-refractivity contribution in [1.82, 2.24) is 0 Å². The molecule has 0 saturated carbocycles. The molecule has 1 heterocycles. The van der Waals surface area contributed by atoms with Crippen LogP contribution in [0, 0.1) is 18.7 Å². The van der Waals surface area contributed by atoms with Gasteiger partial charge in [-0.2, -0.15) is 0 Å². The molecule has 1 saturated heterocycles. The van der Waals surface area contributed by atoms with Gasteiger partial charge in [-0.3, -0.25) is 9.59 Å². The number of aryl methyl sites for hydroxylation is 1. The van der Waals surface area contributed by atoms with E-state index in [9.17, 15) is 14.0 Å².